The molecule has 1 aliphatic rings. The molecule has 10 heteroatoms. The second kappa shape index (κ2) is 5.85. The number of carboxylic acid groups (broad SMARTS) is 1. The van der Waals surface area contributed by atoms with Gasteiger partial charge in [0.25, 0.3) is 21.8 Å². The first-order valence-corrected chi connectivity index (χ1v) is 6.81. The van der Waals surface area contributed by atoms with Crippen LogP contribution in [0, 0.1) is 0 Å². The number of Topliss-reactive ketones (excluding diaryl/α,β-unsaturated/α-hetero) is 1. The Morgan fingerprint density at radius 3 is 2.33 bits per heavy atom. The van der Waals surface area contributed by atoms with Gasteiger partial charge in [0.2, 0.25) is 0 Å². The molecule has 0 spiro atoms. The fourth-order valence-corrected chi connectivity index (χ4v) is 2.40. The first-order chi connectivity index (χ1) is 9.14. The predicted molar refractivity (Wildman–Crippen MR) is 72.3 cm³/mol. The van der Waals surface area contributed by atoms with Crippen LogP contribution in [-0.2, 0) is 19.7 Å². The summed E-state index contributed by atoms with van der Waals surface area (Å²) in [5.74, 6) is -3.38. The first-order valence-electron chi connectivity index (χ1n) is 5.37. The number of nitrogens with zero attached hydrogens (tertiary/aromatic N) is 1. The van der Waals surface area contributed by atoms with Gasteiger partial charge in [-0.2, -0.15) is 8.42 Å². The second-order valence-electron chi connectivity index (χ2n) is 4.17. The van der Waals surface area contributed by atoms with Crippen molar-refractivity contribution in [2.24, 2.45) is 0 Å². The van der Waals surface area contributed by atoms with Gasteiger partial charge in [0, 0.05) is 0 Å². The molecule has 0 aromatic heterocycles. The number of hydrogen-bond acceptors (Lipinski definition) is 5. The van der Waals surface area contributed by atoms with Crippen molar-refractivity contribution in [2.75, 3.05) is 4.90 Å². The van der Waals surface area contributed by atoms with Gasteiger partial charge in [-0.05, 0) is 25.1 Å². The number of benzene rings is 1. The van der Waals surface area contributed by atoms with Gasteiger partial charge >= 0.3 is 35.5 Å². The third kappa shape index (κ3) is 3.01. The van der Waals surface area contributed by atoms with Crippen LogP contribution in [0.15, 0.2) is 23.1 Å². The number of carbonyl (C=O) groups excluding carboxylic acids is 2. The Labute approximate surface area is 141 Å². The summed E-state index contributed by atoms with van der Waals surface area (Å²) in [7, 11) is -4.52. The van der Waals surface area contributed by atoms with Crippen molar-refractivity contribution >= 4 is 63.0 Å². The Hall–Kier alpha value is -1.26. The van der Waals surface area contributed by atoms with E-state index in [-0.39, 0.29) is 40.8 Å². The zero-order valence-corrected chi connectivity index (χ0v) is 10.9. The number of carbonyl (C=O) groups is 3. The maximum absolute atomic E-state index is 11.8. The quantitative estimate of drug-likeness (QED) is 0.427. The molecule has 108 valence electrons. The minimum absolute atomic E-state index is 0. The standard InChI is InChI=1S/C11H9NO7S.Na.H/c1-5(11(15)16)12-8-3-2-6(20(17,18)19)4-7(8)9(13)10(12)14;;/h2-5H,1H3,(H,15,16)(H,17,18,19);;. The summed E-state index contributed by atoms with van der Waals surface area (Å²) in [6, 6.07) is 1.67. The van der Waals surface area contributed by atoms with Gasteiger partial charge in [-0.25, -0.2) is 4.79 Å². The summed E-state index contributed by atoms with van der Waals surface area (Å²) < 4.78 is 30.9. The van der Waals surface area contributed by atoms with E-state index in [9.17, 15) is 22.8 Å². The monoisotopic (exact) mass is 323 g/mol. The number of aliphatic carboxylic acids is 1. The van der Waals surface area contributed by atoms with Crippen molar-refractivity contribution in [1.29, 1.82) is 0 Å². The molecule has 0 radical (unpaired) electrons. The Kier molecular flexibility index (Phi) is 4.96. The molecule has 0 fully saturated rings. The Bertz CT molecular complexity index is 743. The molecule has 0 saturated heterocycles. The van der Waals surface area contributed by atoms with E-state index >= 15 is 0 Å². The van der Waals surface area contributed by atoms with Gasteiger partial charge in [-0.15, -0.1) is 0 Å². The third-order valence-corrected chi connectivity index (χ3v) is 3.78. The van der Waals surface area contributed by atoms with Gasteiger partial charge in [0.1, 0.15) is 6.04 Å². The van der Waals surface area contributed by atoms with Gasteiger partial charge in [0.15, 0.2) is 0 Å². The van der Waals surface area contributed by atoms with E-state index in [0.717, 1.165) is 23.1 Å². The number of fused-ring (bicyclic) bond motifs is 1. The Morgan fingerprint density at radius 1 is 1.29 bits per heavy atom. The van der Waals surface area contributed by atoms with Crippen LogP contribution in [0.2, 0.25) is 0 Å². The topological polar surface area (TPSA) is 129 Å². The van der Waals surface area contributed by atoms with Crippen molar-refractivity contribution in [2.45, 2.75) is 17.9 Å². The molecule has 1 unspecified atom stereocenters. The van der Waals surface area contributed by atoms with Gasteiger partial charge in [-0.1, -0.05) is 0 Å². The summed E-state index contributed by atoms with van der Waals surface area (Å²) in [6.07, 6.45) is 0. The summed E-state index contributed by atoms with van der Waals surface area (Å²) in [5.41, 5.74) is -0.250. The number of amides is 1. The van der Waals surface area contributed by atoms with Crippen LogP contribution in [0.1, 0.15) is 17.3 Å². The summed E-state index contributed by atoms with van der Waals surface area (Å²) in [5, 5.41) is 8.91. The van der Waals surface area contributed by atoms with Crippen LogP contribution < -0.4 is 4.90 Å². The molecule has 0 bridgehead atoms. The number of carboxylic acids is 1. The SMILES string of the molecule is CC(C(=O)O)N1C(=O)C(=O)c2cc(S(=O)(=O)O)ccc21.[NaH]. The molecule has 2 N–H and O–H groups in total. The average molecular weight is 323 g/mol. The van der Waals surface area contributed by atoms with E-state index < -0.39 is 38.7 Å². The molecule has 21 heavy (non-hydrogen) atoms. The summed E-state index contributed by atoms with van der Waals surface area (Å²) in [6.45, 7) is 1.22. The molecule has 1 aliphatic heterocycles. The molecular formula is C11H10NNaO7S. The van der Waals surface area contributed by atoms with Crippen molar-refractivity contribution < 1.29 is 32.5 Å². The van der Waals surface area contributed by atoms with Gasteiger partial charge in [0.05, 0.1) is 16.1 Å². The number of rotatable bonds is 3. The van der Waals surface area contributed by atoms with Crippen LogP contribution in [-0.4, -0.2) is 71.3 Å². The molecule has 2 rings (SSSR count). The number of anilines is 1. The molecule has 0 saturated carbocycles. The average Bonchev–Trinajstić information content (AvgIpc) is 2.60. The number of hydrogen-bond donors (Lipinski definition) is 2. The first kappa shape index (κ1) is 17.8. The van der Waals surface area contributed by atoms with E-state index in [1.165, 1.54) is 6.92 Å². The molecule has 1 heterocycles. The Morgan fingerprint density at radius 2 is 1.86 bits per heavy atom. The molecular weight excluding hydrogens is 313 g/mol. The Balaban J connectivity index is 0.00000220. The van der Waals surface area contributed by atoms with E-state index in [1.807, 2.05) is 0 Å². The van der Waals surface area contributed by atoms with E-state index in [1.54, 1.807) is 0 Å². The van der Waals surface area contributed by atoms with Gasteiger partial charge in [-0.3, -0.25) is 19.0 Å². The normalized spacial score (nSPS) is 15.4. The van der Waals surface area contributed by atoms with E-state index in [4.69, 9.17) is 9.66 Å². The molecule has 1 aromatic carbocycles. The van der Waals surface area contributed by atoms with Crippen molar-refractivity contribution in [3.05, 3.63) is 23.8 Å². The van der Waals surface area contributed by atoms with E-state index in [0.29, 0.717) is 0 Å². The molecule has 1 aromatic rings. The van der Waals surface area contributed by atoms with Crippen molar-refractivity contribution in [3.63, 3.8) is 0 Å². The summed E-state index contributed by atoms with van der Waals surface area (Å²) >= 11 is 0. The maximum atomic E-state index is 11.8. The zero-order valence-electron chi connectivity index (χ0n) is 10.1. The van der Waals surface area contributed by atoms with Gasteiger partial charge < -0.3 is 5.11 Å². The van der Waals surface area contributed by atoms with Crippen molar-refractivity contribution in [1.82, 2.24) is 0 Å². The van der Waals surface area contributed by atoms with Crippen LogP contribution in [0.5, 0.6) is 0 Å². The van der Waals surface area contributed by atoms with Crippen LogP contribution >= 0.6 is 0 Å². The molecule has 0 aliphatic carbocycles. The number of ketones is 1. The van der Waals surface area contributed by atoms with Crippen LogP contribution in [0.25, 0.3) is 0 Å². The summed E-state index contributed by atoms with van der Waals surface area (Å²) in [4.78, 5) is 34.7. The second-order valence-corrected chi connectivity index (χ2v) is 5.59. The zero-order chi connectivity index (χ0) is 15.2. The van der Waals surface area contributed by atoms with Crippen LogP contribution in [0.4, 0.5) is 5.69 Å². The predicted octanol–water partition coefficient (Wildman–Crippen LogP) is -0.713. The molecule has 1 amide bonds. The molecule has 1 atom stereocenters. The van der Waals surface area contributed by atoms with E-state index in [2.05, 4.69) is 0 Å². The third-order valence-electron chi connectivity index (χ3n) is 2.93. The van der Waals surface area contributed by atoms with Crippen LogP contribution in [0.3, 0.4) is 0 Å². The minimum atomic E-state index is -4.52. The fourth-order valence-electron chi connectivity index (χ4n) is 1.90. The fraction of sp³-hybridized carbons (Fsp3) is 0.182. The van der Waals surface area contributed by atoms with Crippen molar-refractivity contribution in [3.8, 4) is 0 Å². The molecule has 8 nitrogen and oxygen atoms in total.